The number of alkyl halides is 1. The number of anilines is 1. The zero-order valence-electron chi connectivity index (χ0n) is 12.3. The van der Waals surface area contributed by atoms with Crippen molar-refractivity contribution in [2.24, 2.45) is 0 Å². The van der Waals surface area contributed by atoms with Crippen molar-refractivity contribution in [2.75, 3.05) is 17.7 Å². The van der Waals surface area contributed by atoms with E-state index in [4.69, 9.17) is 16.9 Å². The first kappa shape index (κ1) is 17.1. The van der Waals surface area contributed by atoms with Gasteiger partial charge in [0.15, 0.2) is 0 Å². The highest BCUT2D eigenvalue weighted by atomic mass is 35.5. The average molecular weight is 306 g/mol. The second-order valence-corrected chi connectivity index (χ2v) is 5.28. The van der Waals surface area contributed by atoms with Crippen molar-refractivity contribution in [1.82, 2.24) is 5.32 Å². The van der Waals surface area contributed by atoms with Gasteiger partial charge in [0, 0.05) is 24.3 Å². The van der Waals surface area contributed by atoms with Crippen LogP contribution in [-0.2, 0) is 4.79 Å². The summed E-state index contributed by atoms with van der Waals surface area (Å²) in [5, 5.41) is 14.6. The molecule has 1 aromatic rings. The molecular weight excluding hydrogens is 286 g/mol. The molecular formula is C16H20ClN3O. The average Bonchev–Trinajstić information content (AvgIpc) is 2.47. The predicted molar refractivity (Wildman–Crippen MR) is 86.2 cm³/mol. The van der Waals surface area contributed by atoms with Gasteiger partial charge in [-0.3, -0.25) is 4.79 Å². The number of nitriles is 1. The largest absolute Gasteiger partial charge is 0.390 e. The number of hydrogen-bond acceptors (Lipinski definition) is 3. The fourth-order valence-corrected chi connectivity index (χ4v) is 1.78. The second-order valence-electron chi connectivity index (χ2n) is 4.90. The van der Waals surface area contributed by atoms with E-state index in [2.05, 4.69) is 24.5 Å². The molecule has 0 fully saturated rings. The molecule has 0 spiro atoms. The van der Waals surface area contributed by atoms with Gasteiger partial charge in [0.25, 0.3) is 5.91 Å². The van der Waals surface area contributed by atoms with Crippen LogP contribution in [0.4, 0.5) is 5.69 Å². The molecule has 0 aromatic heterocycles. The smallest absolute Gasteiger partial charge is 0.267 e. The van der Waals surface area contributed by atoms with Gasteiger partial charge in [-0.15, -0.1) is 11.6 Å². The monoisotopic (exact) mass is 305 g/mol. The Morgan fingerprint density at radius 1 is 1.38 bits per heavy atom. The third kappa shape index (κ3) is 5.88. The Labute approximate surface area is 130 Å². The first-order valence-electron chi connectivity index (χ1n) is 6.89. The molecule has 0 radical (unpaired) electrons. The normalized spacial score (nSPS) is 11.1. The SMILES string of the molecule is CC(C)c1ccc(NC(=O)/C(C#N)=C\NCCCCl)cc1. The molecule has 112 valence electrons. The Morgan fingerprint density at radius 3 is 2.57 bits per heavy atom. The van der Waals surface area contributed by atoms with Crippen molar-refractivity contribution in [3.05, 3.63) is 41.6 Å². The van der Waals surface area contributed by atoms with E-state index < -0.39 is 5.91 Å². The highest BCUT2D eigenvalue weighted by molar-refractivity contribution is 6.17. The van der Waals surface area contributed by atoms with E-state index in [-0.39, 0.29) is 5.57 Å². The minimum absolute atomic E-state index is 0.0394. The molecule has 0 heterocycles. The van der Waals surface area contributed by atoms with Crippen LogP contribution >= 0.6 is 11.6 Å². The molecule has 1 aromatic carbocycles. The standard InChI is InChI=1S/C16H20ClN3O/c1-12(2)13-4-6-15(7-5-13)20-16(21)14(10-18)11-19-9-3-8-17/h4-7,11-12,19H,3,8-9H2,1-2H3,(H,20,21)/b14-11-. The van der Waals surface area contributed by atoms with E-state index in [9.17, 15) is 4.79 Å². The van der Waals surface area contributed by atoms with Crippen LogP contribution in [0.3, 0.4) is 0 Å². The Balaban J connectivity index is 2.63. The molecule has 0 saturated heterocycles. The Bertz CT molecular complexity index is 529. The van der Waals surface area contributed by atoms with Crippen LogP contribution in [0.25, 0.3) is 0 Å². The maximum atomic E-state index is 12.0. The van der Waals surface area contributed by atoms with E-state index in [0.717, 1.165) is 6.42 Å². The molecule has 4 nitrogen and oxygen atoms in total. The van der Waals surface area contributed by atoms with E-state index in [1.165, 1.54) is 11.8 Å². The summed E-state index contributed by atoms with van der Waals surface area (Å²) in [7, 11) is 0. The first-order chi connectivity index (χ1) is 10.1. The topological polar surface area (TPSA) is 64.9 Å². The van der Waals surface area contributed by atoms with Gasteiger partial charge in [0.2, 0.25) is 0 Å². The highest BCUT2D eigenvalue weighted by Crippen LogP contribution is 2.17. The lowest BCUT2D eigenvalue weighted by Gasteiger charge is -2.08. The maximum absolute atomic E-state index is 12.0. The summed E-state index contributed by atoms with van der Waals surface area (Å²) < 4.78 is 0. The minimum Gasteiger partial charge on any atom is -0.390 e. The number of nitrogens with zero attached hydrogens (tertiary/aromatic N) is 1. The molecule has 1 rings (SSSR count). The van der Waals surface area contributed by atoms with Gasteiger partial charge in [-0.2, -0.15) is 5.26 Å². The molecule has 21 heavy (non-hydrogen) atoms. The molecule has 0 aliphatic carbocycles. The van der Waals surface area contributed by atoms with Crippen molar-refractivity contribution in [3.8, 4) is 6.07 Å². The van der Waals surface area contributed by atoms with Gasteiger partial charge in [-0.05, 0) is 30.0 Å². The molecule has 0 aliphatic heterocycles. The summed E-state index contributed by atoms with van der Waals surface area (Å²) in [6, 6.07) is 9.49. The summed E-state index contributed by atoms with van der Waals surface area (Å²) in [5.74, 6) is 0.556. The van der Waals surface area contributed by atoms with Crippen LogP contribution in [0, 0.1) is 11.3 Å². The highest BCUT2D eigenvalue weighted by Gasteiger charge is 2.09. The van der Waals surface area contributed by atoms with Crippen LogP contribution in [0.5, 0.6) is 0 Å². The molecule has 5 heteroatoms. The fraction of sp³-hybridized carbons (Fsp3) is 0.375. The number of rotatable bonds is 7. The number of halogens is 1. The van der Waals surface area contributed by atoms with Crippen molar-refractivity contribution >= 4 is 23.2 Å². The Morgan fingerprint density at radius 2 is 2.05 bits per heavy atom. The van der Waals surface area contributed by atoms with Crippen molar-refractivity contribution < 1.29 is 4.79 Å². The van der Waals surface area contributed by atoms with Crippen LogP contribution in [0.15, 0.2) is 36.0 Å². The van der Waals surface area contributed by atoms with Crippen molar-refractivity contribution in [2.45, 2.75) is 26.2 Å². The van der Waals surface area contributed by atoms with Crippen LogP contribution in [0.2, 0.25) is 0 Å². The van der Waals surface area contributed by atoms with E-state index in [0.29, 0.717) is 24.0 Å². The first-order valence-corrected chi connectivity index (χ1v) is 7.43. The van der Waals surface area contributed by atoms with Crippen LogP contribution in [0.1, 0.15) is 31.7 Å². The lowest BCUT2D eigenvalue weighted by molar-refractivity contribution is -0.112. The molecule has 0 aliphatic rings. The predicted octanol–water partition coefficient (Wildman–Crippen LogP) is 3.37. The summed E-state index contributed by atoms with van der Waals surface area (Å²) in [6.45, 7) is 4.85. The Hall–Kier alpha value is -1.99. The molecule has 0 saturated carbocycles. The van der Waals surface area contributed by atoms with E-state index in [1.807, 2.05) is 30.3 Å². The summed E-state index contributed by atoms with van der Waals surface area (Å²) >= 11 is 5.55. The lowest BCUT2D eigenvalue weighted by atomic mass is 10.0. The van der Waals surface area contributed by atoms with Gasteiger partial charge in [0.05, 0.1) is 0 Å². The molecule has 0 atom stereocenters. The summed E-state index contributed by atoms with van der Waals surface area (Å²) in [6.07, 6.45) is 2.19. The Kier molecular flexibility index (Phi) is 7.34. The van der Waals surface area contributed by atoms with Crippen LogP contribution < -0.4 is 10.6 Å². The van der Waals surface area contributed by atoms with Crippen molar-refractivity contribution in [1.29, 1.82) is 5.26 Å². The molecule has 0 unspecified atom stereocenters. The zero-order chi connectivity index (χ0) is 15.7. The quantitative estimate of drug-likeness (QED) is 0.351. The maximum Gasteiger partial charge on any atom is 0.267 e. The van der Waals surface area contributed by atoms with Crippen LogP contribution in [-0.4, -0.2) is 18.3 Å². The molecule has 2 N–H and O–H groups in total. The van der Waals surface area contributed by atoms with Gasteiger partial charge in [-0.1, -0.05) is 26.0 Å². The zero-order valence-corrected chi connectivity index (χ0v) is 13.1. The fourth-order valence-electron chi connectivity index (χ4n) is 1.64. The number of hydrogen-bond donors (Lipinski definition) is 2. The molecule has 0 bridgehead atoms. The van der Waals surface area contributed by atoms with Gasteiger partial charge < -0.3 is 10.6 Å². The van der Waals surface area contributed by atoms with Gasteiger partial charge >= 0.3 is 0 Å². The van der Waals surface area contributed by atoms with Gasteiger partial charge in [-0.25, -0.2) is 0 Å². The lowest BCUT2D eigenvalue weighted by Crippen LogP contribution is -2.17. The molecule has 1 amide bonds. The number of carbonyl (C=O) groups is 1. The number of amides is 1. The van der Waals surface area contributed by atoms with E-state index in [1.54, 1.807) is 0 Å². The summed E-state index contributed by atoms with van der Waals surface area (Å²) in [4.78, 5) is 12.0. The minimum atomic E-state index is -0.423. The second kappa shape index (κ2) is 9.04. The van der Waals surface area contributed by atoms with E-state index >= 15 is 0 Å². The third-order valence-electron chi connectivity index (χ3n) is 2.90. The summed E-state index contributed by atoms with van der Waals surface area (Å²) in [5.41, 5.74) is 1.91. The number of carbonyl (C=O) groups excluding carboxylic acids is 1. The number of benzene rings is 1. The number of nitrogens with one attached hydrogen (secondary N) is 2. The van der Waals surface area contributed by atoms with Crippen molar-refractivity contribution in [3.63, 3.8) is 0 Å². The third-order valence-corrected chi connectivity index (χ3v) is 3.17. The van der Waals surface area contributed by atoms with Gasteiger partial charge in [0.1, 0.15) is 11.6 Å².